The van der Waals surface area contributed by atoms with Gasteiger partial charge in [0.15, 0.2) is 0 Å². The molecule has 0 saturated carbocycles. The third-order valence-corrected chi connectivity index (χ3v) is 2.61. The molecule has 2 aromatic rings. The van der Waals surface area contributed by atoms with Crippen molar-refractivity contribution in [3.63, 3.8) is 0 Å². The van der Waals surface area contributed by atoms with Gasteiger partial charge in [0.2, 0.25) is 0 Å². The van der Waals surface area contributed by atoms with Crippen LogP contribution in [0.5, 0.6) is 0 Å². The van der Waals surface area contributed by atoms with Crippen LogP contribution in [0.1, 0.15) is 24.2 Å². The highest BCUT2D eigenvalue weighted by Crippen LogP contribution is 2.15. The zero-order chi connectivity index (χ0) is 12.4. The van der Waals surface area contributed by atoms with Crippen molar-refractivity contribution in [2.45, 2.75) is 19.5 Å². The number of nitrogens with two attached hydrogens (primary N) is 1. The van der Waals surface area contributed by atoms with Crippen LogP contribution in [0, 0.1) is 11.6 Å². The van der Waals surface area contributed by atoms with Crippen LogP contribution in [0.25, 0.3) is 0 Å². The van der Waals surface area contributed by atoms with Crippen LogP contribution in [0.3, 0.4) is 0 Å². The molecule has 2 nitrogen and oxygen atoms in total. The second-order valence-electron chi connectivity index (χ2n) is 4.13. The van der Waals surface area contributed by atoms with Gasteiger partial charge in [0, 0.05) is 30.5 Å². The summed E-state index contributed by atoms with van der Waals surface area (Å²) >= 11 is 0. The van der Waals surface area contributed by atoms with Gasteiger partial charge in [0.1, 0.15) is 11.6 Å². The van der Waals surface area contributed by atoms with Gasteiger partial charge in [-0.2, -0.15) is 0 Å². The van der Waals surface area contributed by atoms with Crippen molar-refractivity contribution in [2.75, 3.05) is 0 Å². The fraction of sp³-hybridized carbons (Fsp3) is 0.231. The molecule has 4 heteroatoms. The van der Waals surface area contributed by atoms with Gasteiger partial charge in [-0.1, -0.05) is 0 Å². The molecule has 0 saturated heterocycles. The van der Waals surface area contributed by atoms with Crippen molar-refractivity contribution >= 4 is 0 Å². The van der Waals surface area contributed by atoms with E-state index in [0.717, 1.165) is 11.8 Å². The summed E-state index contributed by atoms with van der Waals surface area (Å²) in [7, 11) is 0. The molecule has 2 N–H and O–H groups in total. The molecule has 0 fully saturated rings. The van der Waals surface area contributed by atoms with Gasteiger partial charge in [0.05, 0.1) is 0 Å². The van der Waals surface area contributed by atoms with Crippen molar-refractivity contribution < 1.29 is 8.78 Å². The van der Waals surface area contributed by atoms with E-state index in [4.69, 9.17) is 5.73 Å². The lowest BCUT2D eigenvalue weighted by molar-refractivity contribution is 0.576. The summed E-state index contributed by atoms with van der Waals surface area (Å²) in [5, 5.41) is 0. The van der Waals surface area contributed by atoms with Crippen LogP contribution in [-0.2, 0) is 6.54 Å². The molecular weight excluding hydrogens is 222 g/mol. The number of benzene rings is 1. The van der Waals surface area contributed by atoms with Gasteiger partial charge in [-0.05, 0) is 36.8 Å². The largest absolute Gasteiger partial charge is 0.346 e. The molecule has 0 amide bonds. The first-order valence-electron chi connectivity index (χ1n) is 5.42. The zero-order valence-electron chi connectivity index (χ0n) is 9.53. The average molecular weight is 236 g/mol. The monoisotopic (exact) mass is 236 g/mol. The van der Waals surface area contributed by atoms with Gasteiger partial charge < -0.3 is 10.3 Å². The number of hydrogen-bond donors (Lipinski definition) is 1. The predicted molar refractivity (Wildman–Crippen MR) is 62.5 cm³/mol. The summed E-state index contributed by atoms with van der Waals surface area (Å²) in [6.07, 6.45) is 1.85. The smallest absolute Gasteiger partial charge is 0.126 e. The van der Waals surface area contributed by atoms with Gasteiger partial charge in [-0.25, -0.2) is 8.78 Å². The number of nitrogens with zero attached hydrogens (tertiary/aromatic N) is 1. The standard InChI is InChI=1S/C13H14F2N2/c1-9(16)13-3-2-4-17(13)8-10-5-11(14)7-12(15)6-10/h2-7,9H,8,16H2,1H3. The molecule has 2 rings (SSSR count). The second-order valence-corrected chi connectivity index (χ2v) is 4.13. The highest BCUT2D eigenvalue weighted by molar-refractivity contribution is 5.20. The van der Waals surface area contributed by atoms with E-state index < -0.39 is 11.6 Å². The van der Waals surface area contributed by atoms with Crippen LogP contribution in [-0.4, -0.2) is 4.57 Å². The van der Waals surface area contributed by atoms with E-state index in [-0.39, 0.29) is 6.04 Å². The Kier molecular flexibility index (Phi) is 3.24. The quantitative estimate of drug-likeness (QED) is 0.872. The maximum atomic E-state index is 13.0. The van der Waals surface area contributed by atoms with E-state index in [1.165, 1.54) is 12.1 Å². The van der Waals surface area contributed by atoms with E-state index in [0.29, 0.717) is 12.1 Å². The van der Waals surface area contributed by atoms with Gasteiger partial charge in [-0.3, -0.25) is 0 Å². The summed E-state index contributed by atoms with van der Waals surface area (Å²) < 4.78 is 28.0. The molecule has 1 aromatic carbocycles. The topological polar surface area (TPSA) is 30.9 Å². The molecule has 1 atom stereocenters. The number of hydrogen-bond acceptors (Lipinski definition) is 1. The molecule has 1 aromatic heterocycles. The van der Waals surface area contributed by atoms with Gasteiger partial charge in [-0.15, -0.1) is 0 Å². The van der Waals surface area contributed by atoms with E-state index in [1.54, 1.807) is 0 Å². The van der Waals surface area contributed by atoms with E-state index in [1.807, 2.05) is 29.8 Å². The summed E-state index contributed by atoms with van der Waals surface area (Å²) in [4.78, 5) is 0. The lowest BCUT2D eigenvalue weighted by Crippen LogP contribution is -2.12. The lowest BCUT2D eigenvalue weighted by atomic mass is 10.2. The normalized spacial score (nSPS) is 12.7. The minimum absolute atomic E-state index is 0.108. The Bertz CT molecular complexity index is 498. The number of rotatable bonds is 3. The van der Waals surface area contributed by atoms with Gasteiger partial charge in [0.25, 0.3) is 0 Å². The minimum Gasteiger partial charge on any atom is -0.346 e. The molecule has 90 valence electrons. The molecule has 1 heterocycles. The Morgan fingerprint density at radius 1 is 1.24 bits per heavy atom. The van der Waals surface area contributed by atoms with Crippen molar-refractivity contribution in [1.82, 2.24) is 4.57 Å². The molecule has 0 aliphatic heterocycles. The van der Waals surface area contributed by atoms with Crippen molar-refractivity contribution in [1.29, 1.82) is 0 Å². The summed E-state index contributed by atoms with van der Waals surface area (Å²) in [6, 6.07) is 7.19. The van der Waals surface area contributed by atoms with Crippen molar-refractivity contribution in [2.24, 2.45) is 5.73 Å². The maximum Gasteiger partial charge on any atom is 0.126 e. The van der Waals surface area contributed by atoms with Crippen LogP contribution in [0.15, 0.2) is 36.5 Å². The summed E-state index contributed by atoms with van der Waals surface area (Å²) in [5.41, 5.74) is 7.33. The highest BCUT2D eigenvalue weighted by atomic mass is 19.1. The van der Waals surface area contributed by atoms with Crippen LogP contribution < -0.4 is 5.73 Å². The fourth-order valence-electron chi connectivity index (χ4n) is 1.88. The van der Waals surface area contributed by atoms with Crippen LogP contribution in [0.4, 0.5) is 8.78 Å². The van der Waals surface area contributed by atoms with Gasteiger partial charge >= 0.3 is 0 Å². The van der Waals surface area contributed by atoms with Crippen molar-refractivity contribution in [3.8, 4) is 0 Å². The SMILES string of the molecule is CC(N)c1cccn1Cc1cc(F)cc(F)c1. The first-order chi connectivity index (χ1) is 8.06. The molecule has 0 aliphatic rings. The molecular formula is C13H14F2N2. The Morgan fingerprint density at radius 3 is 2.47 bits per heavy atom. The summed E-state index contributed by atoms with van der Waals surface area (Å²) in [6.45, 7) is 2.29. The maximum absolute atomic E-state index is 13.0. The molecule has 0 aliphatic carbocycles. The lowest BCUT2D eigenvalue weighted by Gasteiger charge is -2.12. The third kappa shape index (κ3) is 2.71. The first kappa shape index (κ1) is 11.8. The van der Waals surface area contributed by atoms with E-state index >= 15 is 0 Å². The van der Waals surface area contributed by atoms with Crippen molar-refractivity contribution in [3.05, 3.63) is 59.4 Å². The fourth-order valence-corrected chi connectivity index (χ4v) is 1.88. The molecule has 0 bridgehead atoms. The third-order valence-electron chi connectivity index (χ3n) is 2.61. The Hall–Kier alpha value is -1.68. The number of halogens is 2. The van der Waals surface area contributed by atoms with E-state index in [2.05, 4.69) is 0 Å². The predicted octanol–water partition coefficient (Wildman–Crippen LogP) is 2.83. The first-order valence-corrected chi connectivity index (χ1v) is 5.42. The van der Waals surface area contributed by atoms with E-state index in [9.17, 15) is 8.78 Å². The molecule has 17 heavy (non-hydrogen) atoms. The second kappa shape index (κ2) is 4.67. The molecule has 1 unspecified atom stereocenters. The highest BCUT2D eigenvalue weighted by Gasteiger charge is 2.07. The Labute approximate surface area is 98.7 Å². The zero-order valence-corrected chi connectivity index (χ0v) is 9.53. The van der Waals surface area contributed by atoms with Crippen LogP contribution in [0.2, 0.25) is 0 Å². The Balaban J connectivity index is 2.28. The minimum atomic E-state index is -0.561. The van der Waals surface area contributed by atoms with Crippen LogP contribution >= 0.6 is 0 Å². The Morgan fingerprint density at radius 2 is 1.88 bits per heavy atom. The average Bonchev–Trinajstić information content (AvgIpc) is 2.63. The molecule has 0 spiro atoms. The number of aromatic nitrogens is 1. The molecule has 0 radical (unpaired) electrons. The summed E-state index contributed by atoms with van der Waals surface area (Å²) in [5.74, 6) is -1.12.